The maximum atomic E-state index is 13.1. The molecular formula is C24H23N5O3. The Bertz CT molecular complexity index is 1250. The summed E-state index contributed by atoms with van der Waals surface area (Å²) >= 11 is 0. The van der Waals surface area contributed by atoms with Crippen LogP contribution < -0.4 is 5.32 Å². The quantitative estimate of drug-likeness (QED) is 0.508. The molecule has 32 heavy (non-hydrogen) atoms. The molecule has 1 atom stereocenters. The van der Waals surface area contributed by atoms with E-state index in [2.05, 4.69) is 20.5 Å². The minimum absolute atomic E-state index is 0.0607. The molecule has 0 aliphatic carbocycles. The van der Waals surface area contributed by atoms with E-state index in [1.54, 1.807) is 17.0 Å². The Morgan fingerprint density at radius 1 is 1.12 bits per heavy atom. The smallest absolute Gasteiger partial charge is 0.253 e. The molecule has 1 aliphatic rings. The fraction of sp³-hybridized carbons (Fsp3) is 0.250. The zero-order valence-corrected chi connectivity index (χ0v) is 17.7. The number of H-pyrrole nitrogens is 1. The molecule has 3 heterocycles. The lowest BCUT2D eigenvalue weighted by atomic mass is 9.80. The van der Waals surface area contributed by atoms with Gasteiger partial charge >= 0.3 is 0 Å². The van der Waals surface area contributed by atoms with E-state index in [-0.39, 0.29) is 17.8 Å². The van der Waals surface area contributed by atoms with Crippen molar-refractivity contribution in [3.05, 3.63) is 66.2 Å². The zero-order chi connectivity index (χ0) is 22.1. The Morgan fingerprint density at radius 2 is 1.91 bits per heavy atom. The van der Waals surface area contributed by atoms with Crippen LogP contribution in [0.2, 0.25) is 0 Å². The van der Waals surface area contributed by atoms with Crippen LogP contribution in [0.5, 0.6) is 0 Å². The number of carbonyl (C=O) groups is 2. The first-order valence-corrected chi connectivity index (χ1v) is 10.6. The van der Waals surface area contributed by atoms with E-state index in [1.165, 1.54) is 0 Å². The van der Waals surface area contributed by atoms with Crippen LogP contribution in [0.1, 0.15) is 30.1 Å². The number of nitrogens with zero attached hydrogens (tertiary/aromatic N) is 3. The standard InChI is InChI=1S/C24H23N5O3/c1-24(12-7-13-29(15-24)21(30)16-8-3-2-4-9-16)22(31)26-23-25-20(27-28-23)19-14-17-10-5-6-11-18(17)32-19/h2-6,8-11,14H,7,12-13,15H2,1H3,(H2,25,26,27,28,31). The number of aromatic amines is 1. The van der Waals surface area contributed by atoms with Crippen LogP contribution in [0.3, 0.4) is 0 Å². The summed E-state index contributed by atoms with van der Waals surface area (Å²) in [6.07, 6.45) is 1.43. The summed E-state index contributed by atoms with van der Waals surface area (Å²) in [5.41, 5.74) is 0.645. The highest BCUT2D eigenvalue weighted by molar-refractivity contribution is 5.97. The van der Waals surface area contributed by atoms with E-state index >= 15 is 0 Å². The number of hydrogen-bond donors (Lipinski definition) is 2. The summed E-state index contributed by atoms with van der Waals surface area (Å²) in [5, 5.41) is 10.7. The fourth-order valence-corrected chi connectivity index (χ4v) is 4.14. The molecule has 1 unspecified atom stereocenters. The third-order valence-corrected chi connectivity index (χ3v) is 5.92. The van der Waals surface area contributed by atoms with Crippen molar-refractivity contribution in [2.75, 3.05) is 18.4 Å². The highest BCUT2D eigenvalue weighted by atomic mass is 16.3. The van der Waals surface area contributed by atoms with Crippen LogP contribution in [0.4, 0.5) is 5.95 Å². The summed E-state index contributed by atoms with van der Waals surface area (Å²) in [6.45, 7) is 2.85. The van der Waals surface area contributed by atoms with Gasteiger partial charge in [0, 0.05) is 24.0 Å². The Morgan fingerprint density at radius 3 is 2.72 bits per heavy atom. The normalized spacial score (nSPS) is 18.6. The maximum absolute atomic E-state index is 13.1. The molecule has 0 spiro atoms. The first-order valence-electron chi connectivity index (χ1n) is 10.6. The van der Waals surface area contributed by atoms with Crippen LogP contribution in [0.25, 0.3) is 22.6 Å². The van der Waals surface area contributed by atoms with Crippen molar-refractivity contribution in [1.82, 2.24) is 20.1 Å². The van der Waals surface area contributed by atoms with Gasteiger partial charge < -0.3 is 9.32 Å². The van der Waals surface area contributed by atoms with Crippen LogP contribution in [-0.2, 0) is 4.79 Å². The Hall–Kier alpha value is -3.94. The van der Waals surface area contributed by atoms with Crippen molar-refractivity contribution >= 4 is 28.7 Å². The van der Waals surface area contributed by atoms with Crippen molar-refractivity contribution in [1.29, 1.82) is 0 Å². The number of benzene rings is 2. The van der Waals surface area contributed by atoms with E-state index in [0.717, 1.165) is 17.4 Å². The largest absolute Gasteiger partial charge is 0.453 e. The first-order chi connectivity index (χ1) is 15.5. The van der Waals surface area contributed by atoms with Crippen molar-refractivity contribution in [2.24, 2.45) is 5.41 Å². The monoisotopic (exact) mass is 429 g/mol. The van der Waals surface area contributed by atoms with E-state index in [9.17, 15) is 9.59 Å². The number of furan rings is 1. The van der Waals surface area contributed by atoms with Crippen LogP contribution in [0.15, 0.2) is 65.1 Å². The van der Waals surface area contributed by atoms with Gasteiger partial charge in [-0.05, 0) is 44.0 Å². The lowest BCUT2D eigenvalue weighted by molar-refractivity contribution is -0.127. The molecule has 0 saturated carbocycles. The van der Waals surface area contributed by atoms with Gasteiger partial charge in [-0.2, -0.15) is 4.98 Å². The summed E-state index contributed by atoms with van der Waals surface area (Å²) in [4.78, 5) is 32.1. The number of nitrogens with one attached hydrogen (secondary N) is 2. The lowest BCUT2D eigenvalue weighted by Crippen LogP contribution is -2.50. The average molecular weight is 429 g/mol. The highest BCUT2D eigenvalue weighted by Gasteiger charge is 2.40. The molecule has 1 fully saturated rings. The maximum Gasteiger partial charge on any atom is 0.253 e. The average Bonchev–Trinajstić information content (AvgIpc) is 3.46. The number of piperidine rings is 1. The number of carbonyl (C=O) groups excluding carboxylic acids is 2. The number of likely N-dealkylation sites (tertiary alicyclic amines) is 1. The van der Waals surface area contributed by atoms with Gasteiger partial charge in [0.1, 0.15) is 5.58 Å². The van der Waals surface area contributed by atoms with E-state index in [4.69, 9.17) is 4.42 Å². The minimum Gasteiger partial charge on any atom is -0.453 e. The molecule has 0 radical (unpaired) electrons. The third kappa shape index (κ3) is 3.75. The number of para-hydroxylation sites is 1. The molecule has 0 bridgehead atoms. The summed E-state index contributed by atoms with van der Waals surface area (Å²) < 4.78 is 5.80. The molecule has 8 nitrogen and oxygen atoms in total. The van der Waals surface area contributed by atoms with Gasteiger partial charge in [-0.25, -0.2) is 0 Å². The molecule has 162 valence electrons. The molecule has 1 saturated heterocycles. The molecule has 4 aromatic rings. The Balaban J connectivity index is 1.29. The number of amides is 2. The number of aromatic nitrogens is 3. The number of rotatable bonds is 4. The number of anilines is 1. The highest BCUT2D eigenvalue weighted by Crippen LogP contribution is 2.32. The van der Waals surface area contributed by atoms with Gasteiger partial charge in [0.25, 0.3) is 5.91 Å². The first kappa shape index (κ1) is 20.0. The van der Waals surface area contributed by atoms with Gasteiger partial charge in [-0.1, -0.05) is 36.4 Å². The SMILES string of the molecule is CC1(C(=O)Nc2n[nH]c(-c3cc4ccccc4o3)n2)CCCN(C(=O)c2ccccc2)C1. The van der Waals surface area contributed by atoms with Gasteiger partial charge in [0.2, 0.25) is 11.9 Å². The van der Waals surface area contributed by atoms with Crippen LogP contribution in [-0.4, -0.2) is 45.0 Å². The van der Waals surface area contributed by atoms with E-state index < -0.39 is 5.41 Å². The number of fused-ring (bicyclic) bond motifs is 1. The van der Waals surface area contributed by atoms with Gasteiger partial charge in [-0.3, -0.25) is 20.0 Å². The summed E-state index contributed by atoms with van der Waals surface area (Å²) in [6, 6.07) is 18.7. The summed E-state index contributed by atoms with van der Waals surface area (Å²) in [5.74, 6) is 0.889. The van der Waals surface area contributed by atoms with Crippen LogP contribution in [0, 0.1) is 5.41 Å². The Labute approximate surface area is 184 Å². The topological polar surface area (TPSA) is 104 Å². The van der Waals surface area contributed by atoms with Crippen molar-refractivity contribution in [3.63, 3.8) is 0 Å². The van der Waals surface area contributed by atoms with Gasteiger partial charge in [-0.15, -0.1) is 5.10 Å². The second-order valence-corrected chi connectivity index (χ2v) is 8.37. The van der Waals surface area contributed by atoms with Crippen molar-refractivity contribution < 1.29 is 14.0 Å². The lowest BCUT2D eigenvalue weighted by Gasteiger charge is -2.39. The number of hydrogen-bond acceptors (Lipinski definition) is 5. The predicted octanol–water partition coefficient (Wildman–Crippen LogP) is 4.10. The molecule has 2 amide bonds. The van der Waals surface area contributed by atoms with Crippen molar-refractivity contribution in [2.45, 2.75) is 19.8 Å². The van der Waals surface area contributed by atoms with Crippen molar-refractivity contribution in [3.8, 4) is 11.6 Å². The molecule has 2 aromatic heterocycles. The molecule has 5 rings (SSSR count). The molecular weight excluding hydrogens is 406 g/mol. The van der Waals surface area contributed by atoms with Gasteiger partial charge in [0.15, 0.2) is 11.6 Å². The summed E-state index contributed by atoms with van der Waals surface area (Å²) in [7, 11) is 0. The molecule has 2 aromatic carbocycles. The van der Waals surface area contributed by atoms with E-state index in [0.29, 0.717) is 36.7 Å². The van der Waals surface area contributed by atoms with Crippen LogP contribution >= 0.6 is 0 Å². The minimum atomic E-state index is -0.733. The second-order valence-electron chi connectivity index (χ2n) is 8.37. The second kappa shape index (κ2) is 7.96. The third-order valence-electron chi connectivity index (χ3n) is 5.92. The molecule has 8 heteroatoms. The predicted molar refractivity (Wildman–Crippen MR) is 120 cm³/mol. The van der Waals surface area contributed by atoms with E-state index in [1.807, 2.05) is 55.5 Å². The molecule has 2 N–H and O–H groups in total. The Kier molecular flexibility index (Phi) is 4.97. The fourth-order valence-electron chi connectivity index (χ4n) is 4.14. The molecule has 1 aliphatic heterocycles. The van der Waals surface area contributed by atoms with Gasteiger partial charge in [0.05, 0.1) is 5.41 Å². The zero-order valence-electron chi connectivity index (χ0n) is 17.7.